The summed E-state index contributed by atoms with van der Waals surface area (Å²) >= 11 is 0. The maximum atomic E-state index is 13.5. The highest BCUT2D eigenvalue weighted by Crippen LogP contribution is 2.33. The van der Waals surface area contributed by atoms with Gasteiger partial charge in [0.15, 0.2) is 0 Å². The van der Waals surface area contributed by atoms with E-state index in [9.17, 15) is 4.39 Å². The number of hydrogen-bond donors (Lipinski definition) is 1. The van der Waals surface area contributed by atoms with E-state index in [1.807, 2.05) is 6.07 Å². The molecule has 84 valence electrons. The Labute approximate surface area is 95.4 Å². The second-order valence-electron chi connectivity index (χ2n) is 4.71. The minimum Gasteiger partial charge on any atom is -0.307 e. The Kier molecular flexibility index (Phi) is 2.52. The third-order valence-corrected chi connectivity index (χ3v) is 3.66. The Bertz CT molecular complexity index is 417. The lowest BCUT2D eigenvalue weighted by molar-refractivity contribution is 0.446. The molecule has 0 amide bonds. The molecule has 0 saturated heterocycles. The van der Waals surface area contributed by atoms with Gasteiger partial charge in [0.05, 0.1) is 0 Å². The first kappa shape index (κ1) is 10.0. The summed E-state index contributed by atoms with van der Waals surface area (Å²) in [7, 11) is 0. The number of rotatable bonds is 2. The Hall–Kier alpha value is -1.15. The summed E-state index contributed by atoms with van der Waals surface area (Å²) in [6, 6.07) is 6.36. The third kappa shape index (κ3) is 1.67. The molecule has 2 heteroatoms. The van der Waals surface area contributed by atoms with Crippen LogP contribution in [0.2, 0.25) is 0 Å². The topological polar surface area (TPSA) is 12.0 Å². The Morgan fingerprint density at radius 3 is 2.81 bits per heavy atom. The number of halogens is 1. The highest BCUT2D eigenvalue weighted by atomic mass is 19.1. The van der Waals surface area contributed by atoms with E-state index in [0.29, 0.717) is 12.1 Å². The molecule has 16 heavy (non-hydrogen) atoms. The quantitative estimate of drug-likeness (QED) is 0.750. The van der Waals surface area contributed by atoms with Gasteiger partial charge in [-0.15, -0.1) is 0 Å². The van der Waals surface area contributed by atoms with Gasteiger partial charge in [0.25, 0.3) is 0 Å². The van der Waals surface area contributed by atoms with Gasteiger partial charge in [-0.2, -0.15) is 0 Å². The molecule has 2 aliphatic carbocycles. The van der Waals surface area contributed by atoms with Crippen molar-refractivity contribution in [3.05, 3.63) is 47.3 Å². The van der Waals surface area contributed by atoms with Crippen LogP contribution in [0.1, 0.15) is 36.4 Å². The largest absolute Gasteiger partial charge is 0.307 e. The van der Waals surface area contributed by atoms with Gasteiger partial charge in [-0.1, -0.05) is 24.3 Å². The molecule has 0 saturated carbocycles. The van der Waals surface area contributed by atoms with Crippen molar-refractivity contribution in [2.45, 2.75) is 37.8 Å². The van der Waals surface area contributed by atoms with Gasteiger partial charge < -0.3 is 5.32 Å². The molecule has 0 radical (unpaired) electrons. The highest BCUT2D eigenvalue weighted by Gasteiger charge is 2.26. The number of benzene rings is 1. The van der Waals surface area contributed by atoms with Crippen LogP contribution in [0.5, 0.6) is 0 Å². The zero-order chi connectivity index (χ0) is 11.0. The lowest BCUT2D eigenvalue weighted by Gasteiger charge is -2.19. The monoisotopic (exact) mass is 217 g/mol. The van der Waals surface area contributed by atoms with Gasteiger partial charge in [0, 0.05) is 12.1 Å². The maximum Gasteiger partial charge on any atom is 0.126 e. The summed E-state index contributed by atoms with van der Waals surface area (Å²) in [5.41, 5.74) is 2.10. The van der Waals surface area contributed by atoms with Gasteiger partial charge in [-0.3, -0.25) is 0 Å². The van der Waals surface area contributed by atoms with Gasteiger partial charge in [0.1, 0.15) is 5.82 Å². The Morgan fingerprint density at radius 2 is 2.00 bits per heavy atom. The van der Waals surface area contributed by atoms with Gasteiger partial charge in [0.2, 0.25) is 0 Å². The summed E-state index contributed by atoms with van der Waals surface area (Å²) in [6.07, 6.45) is 8.58. The predicted octanol–water partition coefficient (Wildman–Crippen LogP) is 3.12. The molecule has 1 atom stereocenters. The van der Waals surface area contributed by atoms with Crippen LogP contribution in [0.15, 0.2) is 30.4 Å². The molecule has 0 bridgehead atoms. The van der Waals surface area contributed by atoms with Gasteiger partial charge in [-0.25, -0.2) is 4.39 Å². The second-order valence-corrected chi connectivity index (χ2v) is 4.71. The SMILES string of the molecule is Fc1cccc2c1CCC2NC1CC=CC1. The second kappa shape index (κ2) is 4.02. The third-order valence-electron chi connectivity index (χ3n) is 3.66. The molecule has 0 heterocycles. The number of nitrogens with one attached hydrogen (secondary N) is 1. The van der Waals surface area contributed by atoms with E-state index >= 15 is 0 Å². The summed E-state index contributed by atoms with van der Waals surface area (Å²) in [6.45, 7) is 0. The zero-order valence-corrected chi connectivity index (χ0v) is 9.25. The molecule has 0 aromatic heterocycles. The van der Waals surface area contributed by atoms with E-state index in [1.165, 1.54) is 5.56 Å². The Balaban J connectivity index is 1.78. The molecule has 3 rings (SSSR count). The molecule has 1 N–H and O–H groups in total. The molecular weight excluding hydrogens is 201 g/mol. The van der Waals surface area contributed by atoms with Crippen LogP contribution in [-0.4, -0.2) is 6.04 Å². The lowest BCUT2D eigenvalue weighted by atomic mass is 10.1. The van der Waals surface area contributed by atoms with Crippen LogP contribution in [-0.2, 0) is 6.42 Å². The van der Waals surface area contributed by atoms with E-state index in [-0.39, 0.29) is 5.82 Å². The molecule has 1 nitrogen and oxygen atoms in total. The molecule has 0 aliphatic heterocycles. The summed E-state index contributed by atoms with van der Waals surface area (Å²) < 4.78 is 13.5. The minimum absolute atomic E-state index is 0.0358. The van der Waals surface area contributed by atoms with Crippen molar-refractivity contribution < 1.29 is 4.39 Å². The van der Waals surface area contributed by atoms with Gasteiger partial charge in [-0.05, 0) is 42.9 Å². The van der Waals surface area contributed by atoms with Crippen molar-refractivity contribution in [2.75, 3.05) is 0 Å². The predicted molar refractivity (Wildman–Crippen MR) is 62.8 cm³/mol. The lowest BCUT2D eigenvalue weighted by Crippen LogP contribution is -2.29. The van der Waals surface area contributed by atoms with Crippen molar-refractivity contribution in [1.29, 1.82) is 0 Å². The zero-order valence-electron chi connectivity index (χ0n) is 9.25. The fraction of sp³-hybridized carbons (Fsp3) is 0.429. The average molecular weight is 217 g/mol. The molecular formula is C14H16FN. The molecule has 0 fully saturated rings. The molecule has 0 spiro atoms. The summed E-state index contributed by atoms with van der Waals surface area (Å²) in [5.74, 6) is -0.0358. The van der Waals surface area contributed by atoms with E-state index in [0.717, 1.165) is 31.2 Å². The first-order chi connectivity index (χ1) is 7.84. The van der Waals surface area contributed by atoms with E-state index in [4.69, 9.17) is 0 Å². The van der Waals surface area contributed by atoms with Crippen LogP contribution in [0.3, 0.4) is 0 Å². The summed E-state index contributed by atoms with van der Waals surface area (Å²) in [4.78, 5) is 0. The number of hydrogen-bond acceptors (Lipinski definition) is 1. The van der Waals surface area contributed by atoms with Crippen molar-refractivity contribution >= 4 is 0 Å². The number of fused-ring (bicyclic) bond motifs is 1. The van der Waals surface area contributed by atoms with Crippen molar-refractivity contribution in [1.82, 2.24) is 5.32 Å². The van der Waals surface area contributed by atoms with Crippen LogP contribution < -0.4 is 5.32 Å². The Morgan fingerprint density at radius 1 is 1.19 bits per heavy atom. The molecule has 1 aromatic carbocycles. The van der Waals surface area contributed by atoms with Crippen LogP contribution >= 0.6 is 0 Å². The fourth-order valence-electron chi connectivity index (χ4n) is 2.82. The van der Waals surface area contributed by atoms with E-state index in [2.05, 4.69) is 23.5 Å². The standard InChI is InChI=1S/C14H16FN/c15-13-7-3-6-12-11(13)8-9-14(12)16-10-4-1-2-5-10/h1-3,6-7,10,14,16H,4-5,8-9H2. The fourth-order valence-corrected chi connectivity index (χ4v) is 2.82. The molecule has 1 aromatic rings. The smallest absolute Gasteiger partial charge is 0.126 e. The summed E-state index contributed by atoms with van der Waals surface area (Å²) in [5, 5.41) is 3.63. The molecule has 2 aliphatic rings. The average Bonchev–Trinajstić information content (AvgIpc) is 2.90. The van der Waals surface area contributed by atoms with E-state index < -0.39 is 0 Å². The minimum atomic E-state index is -0.0358. The first-order valence-corrected chi connectivity index (χ1v) is 6.03. The maximum absolute atomic E-state index is 13.5. The molecule has 1 unspecified atom stereocenters. The van der Waals surface area contributed by atoms with Crippen molar-refractivity contribution in [3.63, 3.8) is 0 Å². The van der Waals surface area contributed by atoms with E-state index in [1.54, 1.807) is 6.07 Å². The van der Waals surface area contributed by atoms with Crippen LogP contribution in [0.4, 0.5) is 4.39 Å². The first-order valence-electron chi connectivity index (χ1n) is 6.03. The van der Waals surface area contributed by atoms with Gasteiger partial charge >= 0.3 is 0 Å². The van der Waals surface area contributed by atoms with Crippen molar-refractivity contribution in [3.8, 4) is 0 Å². The van der Waals surface area contributed by atoms with Crippen LogP contribution in [0, 0.1) is 5.82 Å². The van der Waals surface area contributed by atoms with Crippen LogP contribution in [0.25, 0.3) is 0 Å². The van der Waals surface area contributed by atoms with Crippen molar-refractivity contribution in [2.24, 2.45) is 0 Å². The highest BCUT2D eigenvalue weighted by molar-refractivity contribution is 5.35. The normalized spacial score (nSPS) is 23.9.